The first-order valence-electron chi connectivity index (χ1n) is 10.8. The predicted molar refractivity (Wildman–Crippen MR) is 112 cm³/mol. The minimum atomic E-state index is -0.0400. The molecule has 1 atom stereocenters. The van der Waals surface area contributed by atoms with Gasteiger partial charge in [0.2, 0.25) is 5.91 Å². The van der Waals surface area contributed by atoms with Crippen molar-refractivity contribution in [2.75, 3.05) is 33.2 Å². The molecule has 28 heavy (non-hydrogen) atoms. The molecule has 0 aromatic heterocycles. The molecule has 1 aromatic carbocycles. The van der Waals surface area contributed by atoms with Gasteiger partial charge in [0, 0.05) is 39.3 Å². The lowest BCUT2D eigenvalue weighted by molar-refractivity contribution is -0.137. The van der Waals surface area contributed by atoms with Gasteiger partial charge in [0.25, 0.3) is 0 Å². The van der Waals surface area contributed by atoms with Gasteiger partial charge >= 0.3 is 0 Å². The van der Waals surface area contributed by atoms with E-state index < -0.39 is 0 Å². The lowest BCUT2D eigenvalue weighted by atomic mass is 9.94. The summed E-state index contributed by atoms with van der Waals surface area (Å²) in [5.74, 6) is 0.285. The minimum absolute atomic E-state index is 0.0400. The SMILES string of the molecule is CC(C(=O)N(C)C1CCCCC1)N1CCCN(Cc2ccc(C#N)cc2)CC1. The highest BCUT2D eigenvalue weighted by atomic mass is 16.2. The van der Waals surface area contributed by atoms with Crippen molar-refractivity contribution in [1.29, 1.82) is 5.26 Å². The molecule has 5 heteroatoms. The van der Waals surface area contributed by atoms with Crippen LogP contribution >= 0.6 is 0 Å². The van der Waals surface area contributed by atoms with Crippen LogP contribution in [0.3, 0.4) is 0 Å². The number of benzene rings is 1. The molecule has 1 amide bonds. The van der Waals surface area contributed by atoms with Gasteiger partial charge in [-0.3, -0.25) is 14.6 Å². The van der Waals surface area contributed by atoms with Crippen LogP contribution in [0.25, 0.3) is 0 Å². The summed E-state index contributed by atoms with van der Waals surface area (Å²) in [6.45, 7) is 6.93. The Kier molecular flexibility index (Phi) is 7.47. The van der Waals surface area contributed by atoms with E-state index >= 15 is 0 Å². The first kappa shape index (κ1) is 20.8. The Morgan fingerprint density at radius 1 is 1.11 bits per heavy atom. The van der Waals surface area contributed by atoms with Crippen molar-refractivity contribution in [1.82, 2.24) is 14.7 Å². The number of nitriles is 1. The first-order chi connectivity index (χ1) is 13.6. The highest BCUT2D eigenvalue weighted by molar-refractivity contribution is 5.81. The van der Waals surface area contributed by atoms with E-state index in [4.69, 9.17) is 5.26 Å². The van der Waals surface area contributed by atoms with Crippen molar-refractivity contribution in [3.05, 3.63) is 35.4 Å². The average Bonchev–Trinajstić information content (AvgIpc) is 2.99. The molecule has 0 radical (unpaired) electrons. The molecular weight excluding hydrogens is 348 g/mol. The number of carbonyl (C=O) groups is 1. The van der Waals surface area contributed by atoms with E-state index in [1.54, 1.807) is 0 Å². The van der Waals surface area contributed by atoms with E-state index in [9.17, 15) is 4.79 Å². The fraction of sp³-hybridized carbons (Fsp3) is 0.652. The second-order valence-corrected chi connectivity index (χ2v) is 8.39. The number of carbonyl (C=O) groups excluding carboxylic acids is 1. The van der Waals surface area contributed by atoms with E-state index in [1.807, 2.05) is 36.2 Å². The molecule has 5 nitrogen and oxygen atoms in total. The molecule has 152 valence electrons. The Hall–Kier alpha value is -1.90. The van der Waals surface area contributed by atoms with Crippen LogP contribution in [0, 0.1) is 11.3 Å². The van der Waals surface area contributed by atoms with Crippen LogP contribution in [-0.2, 0) is 11.3 Å². The predicted octanol–water partition coefficient (Wildman–Crippen LogP) is 3.25. The van der Waals surface area contributed by atoms with E-state index in [2.05, 4.69) is 22.8 Å². The Morgan fingerprint density at radius 3 is 2.50 bits per heavy atom. The number of nitrogens with zero attached hydrogens (tertiary/aromatic N) is 4. The van der Waals surface area contributed by atoms with Gasteiger partial charge in [-0.2, -0.15) is 5.26 Å². The summed E-state index contributed by atoms with van der Waals surface area (Å²) in [7, 11) is 2.00. The van der Waals surface area contributed by atoms with Crippen molar-refractivity contribution in [3.8, 4) is 6.07 Å². The molecule has 1 saturated carbocycles. The third-order valence-electron chi connectivity index (χ3n) is 6.49. The minimum Gasteiger partial charge on any atom is -0.341 e. The summed E-state index contributed by atoms with van der Waals surface area (Å²) in [6.07, 6.45) is 7.23. The molecule has 2 fully saturated rings. The van der Waals surface area contributed by atoms with Gasteiger partial charge in [0.1, 0.15) is 0 Å². The fourth-order valence-electron chi connectivity index (χ4n) is 4.58. The van der Waals surface area contributed by atoms with Gasteiger partial charge in [-0.1, -0.05) is 31.4 Å². The lowest BCUT2D eigenvalue weighted by Crippen LogP contribution is -2.50. The van der Waals surface area contributed by atoms with Gasteiger partial charge in [0.15, 0.2) is 0 Å². The van der Waals surface area contributed by atoms with Crippen molar-refractivity contribution >= 4 is 5.91 Å². The number of amides is 1. The quantitative estimate of drug-likeness (QED) is 0.784. The molecule has 3 rings (SSSR count). The summed E-state index contributed by atoms with van der Waals surface area (Å²) >= 11 is 0. The maximum atomic E-state index is 13.0. The van der Waals surface area contributed by atoms with Crippen molar-refractivity contribution in [2.45, 2.75) is 64.1 Å². The summed E-state index contributed by atoms with van der Waals surface area (Å²) < 4.78 is 0. The highest BCUT2D eigenvalue weighted by Crippen LogP contribution is 2.23. The summed E-state index contributed by atoms with van der Waals surface area (Å²) in [5, 5.41) is 8.94. The molecule has 1 unspecified atom stereocenters. The molecule has 1 aromatic rings. The van der Waals surface area contributed by atoms with Crippen LogP contribution in [0.2, 0.25) is 0 Å². The molecule has 1 aliphatic heterocycles. The Morgan fingerprint density at radius 2 is 1.82 bits per heavy atom. The monoisotopic (exact) mass is 382 g/mol. The van der Waals surface area contributed by atoms with Crippen molar-refractivity contribution in [3.63, 3.8) is 0 Å². The second-order valence-electron chi connectivity index (χ2n) is 8.39. The van der Waals surface area contributed by atoms with Crippen LogP contribution in [0.15, 0.2) is 24.3 Å². The van der Waals surface area contributed by atoms with Gasteiger partial charge in [-0.25, -0.2) is 0 Å². The van der Waals surface area contributed by atoms with E-state index in [0.29, 0.717) is 11.6 Å². The topological polar surface area (TPSA) is 50.6 Å². The van der Waals surface area contributed by atoms with E-state index in [1.165, 1.54) is 24.8 Å². The van der Waals surface area contributed by atoms with Crippen LogP contribution in [0.5, 0.6) is 0 Å². The first-order valence-corrected chi connectivity index (χ1v) is 10.8. The zero-order valence-electron chi connectivity index (χ0n) is 17.4. The maximum Gasteiger partial charge on any atom is 0.239 e. The number of rotatable bonds is 5. The van der Waals surface area contributed by atoms with Crippen LogP contribution in [-0.4, -0.2) is 65.9 Å². The van der Waals surface area contributed by atoms with Crippen LogP contribution in [0.1, 0.15) is 56.6 Å². The second kappa shape index (κ2) is 10.0. The van der Waals surface area contributed by atoms with Crippen molar-refractivity contribution in [2.24, 2.45) is 0 Å². The Balaban J connectivity index is 1.51. The van der Waals surface area contributed by atoms with Crippen LogP contribution in [0.4, 0.5) is 0 Å². The zero-order chi connectivity index (χ0) is 19.9. The maximum absolute atomic E-state index is 13.0. The molecule has 0 bridgehead atoms. The number of hydrogen-bond acceptors (Lipinski definition) is 4. The molecule has 1 saturated heterocycles. The molecule has 1 heterocycles. The highest BCUT2D eigenvalue weighted by Gasteiger charge is 2.29. The standard InChI is InChI=1S/C23H34N4O/c1-19(23(28)25(2)22-7-4-3-5-8-22)27-14-6-13-26(15-16-27)18-21-11-9-20(17-24)10-12-21/h9-12,19,22H,3-8,13-16,18H2,1-2H3. The largest absolute Gasteiger partial charge is 0.341 e. The normalized spacial score (nSPS) is 20.9. The zero-order valence-corrected chi connectivity index (χ0v) is 17.4. The smallest absolute Gasteiger partial charge is 0.239 e. The molecular formula is C23H34N4O. The van der Waals surface area contributed by atoms with E-state index in [-0.39, 0.29) is 11.9 Å². The van der Waals surface area contributed by atoms with Gasteiger partial charge in [-0.05, 0) is 50.4 Å². The van der Waals surface area contributed by atoms with E-state index in [0.717, 1.165) is 52.0 Å². The Bertz CT molecular complexity index is 675. The van der Waals surface area contributed by atoms with Crippen LogP contribution < -0.4 is 0 Å². The van der Waals surface area contributed by atoms with Crippen molar-refractivity contribution < 1.29 is 4.79 Å². The molecule has 0 spiro atoms. The van der Waals surface area contributed by atoms with Gasteiger partial charge in [0.05, 0.1) is 17.7 Å². The summed E-state index contributed by atoms with van der Waals surface area (Å²) in [6, 6.07) is 10.4. The third kappa shape index (κ3) is 5.33. The fourth-order valence-corrected chi connectivity index (χ4v) is 4.58. The van der Waals surface area contributed by atoms with Gasteiger partial charge < -0.3 is 4.90 Å². The molecule has 2 aliphatic rings. The Labute approximate surface area is 169 Å². The van der Waals surface area contributed by atoms with Gasteiger partial charge in [-0.15, -0.1) is 0 Å². The average molecular weight is 383 g/mol. The lowest BCUT2D eigenvalue weighted by Gasteiger charge is -2.36. The summed E-state index contributed by atoms with van der Waals surface area (Å²) in [5.41, 5.74) is 1.95. The molecule has 1 aliphatic carbocycles. The number of likely N-dealkylation sites (N-methyl/N-ethyl adjacent to an activating group) is 1. The molecule has 0 N–H and O–H groups in total. The third-order valence-corrected chi connectivity index (χ3v) is 6.49. The summed E-state index contributed by atoms with van der Waals surface area (Å²) in [4.78, 5) is 19.9. The number of hydrogen-bond donors (Lipinski definition) is 0.